The summed E-state index contributed by atoms with van der Waals surface area (Å²) in [7, 11) is 0. The smallest absolute Gasteiger partial charge is 0.0410 e. The lowest BCUT2D eigenvalue weighted by atomic mass is 10.0. The lowest BCUT2D eigenvalue weighted by Crippen LogP contribution is -2.25. The van der Waals surface area contributed by atoms with Gasteiger partial charge in [0, 0.05) is 22.1 Å². The Morgan fingerprint density at radius 2 is 1.94 bits per heavy atom. The van der Waals surface area contributed by atoms with E-state index in [0.29, 0.717) is 6.04 Å². The topological polar surface area (TPSA) is 12.0 Å². The Hall–Kier alpha value is -0.0500. The van der Waals surface area contributed by atoms with Crippen molar-refractivity contribution in [3.8, 4) is 0 Å². The van der Waals surface area contributed by atoms with Crippen molar-refractivity contribution in [2.75, 3.05) is 0 Å². The van der Waals surface area contributed by atoms with Gasteiger partial charge in [-0.1, -0.05) is 41.4 Å². The third-order valence-corrected chi connectivity index (χ3v) is 3.83. The Morgan fingerprint density at radius 1 is 1.24 bits per heavy atom. The summed E-state index contributed by atoms with van der Waals surface area (Å²) in [5, 5.41) is 4.33. The van der Waals surface area contributed by atoms with E-state index in [4.69, 9.17) is 11.6 Å². The molecular formula is C14H21BrClN. The normalized spacial score (nSPS) is 13.1. The first kappa shape index (κ1) is 15.0. The van der Waals surface area contributed by atoms with E-state index in [1.54, 1.807) is 0 Å². The molecule has 1 atom stereocenters. The van der Waals surface area contributed by atoms with Crippen molar-refractivity contribution < 1.29 is 0 Å². The van der Waals surface area contributed by atoms with Gasteiger partial charge in [-0.25, -0.2) is 0 Å². The molecule has 0 aliphatic rings. The first-order valence-corrected chi connectivity index (χ1v) is 7.33. The van der Waals surface area contributed by atoms with Crippen molar-refractivity contribution >= 4 is 27.5 Å². The van der Waals surface area contributed by atoms with Crippen molar-refractivity contribution in [2.24, 2.45) is 5.92 Å². The largest absolute Gasteiger partial charge is 0.310 e. The van der Waals surface area contributed by atoms with Crippen LogP contribution in [0.5, 0.6) is 0 Å². The highest BCUT2D eigenvalue weighted by molar-refractivity contribution is 9.10. The summed E-state index contributed by atoms with van der Waals surface area (Å²) < 4.78 is 1.12. The van der Waals surface area contributed by atoms with Gasteiger partial charge in [0.25, 0.3) is 0 Å². The van der Waals surface area contributed by atoms with Crippen LogP contribution in [0.25, 0.3) is 0 Å². The second-order valence-electron chi connectivity index (χ2n) is 4.99. The molecule has 1 aromatic rings. The molecule has 96 valence electrons. The molecule has 1 nitrogen and oxygen atoms in total. The summed E-state index contributed by atoms with van der Waals surface area (Å²) in [6.45, 7) is 7.63. The molecule has 0 saturated carbocycles. The highest BCUT2D eigenvalue weighted by Crippen LogP contribution is 2.21. The van der Waals surface area contributed by atoms with Gasteiger partial charge in [-0.15, -0.1) is 0 Å². The fraction of sp³-hybridized carbons (Fsp3) is 0.571. The van der Waals surface area contributed by atoms with Crippen molar-refractivity contribution in [1.29, 1.82) is 0 Å². The van der Waals surface area contributed by atoms with Gasteiger partial charge in [0.2, 0.25) is 0 Å². The van der Waals surface area contributed by atoms with E-state index in [9.17, 15) is 0 Å². The van der Waals surface area contributed by atoms with Crippen LogP contribution in [0.3, 0.4) is 0 Å². The van der Waals surface area contributed by atoms with Crippen molar-refractivity contribution in [1.82, 2.24) is 5.32 Å². The molecule has 0 amide bonds. The maximum Gasteiger partial charge on any atom is 0.0410 e. The zero-order chi connectivity index (χ0) is 12.8. The van der Waals surface area contributed by atoms with E-state index in [0.717, 1.165) is 22.0 Å². The molecule has 1 unspecified atom stereocenters. The summed E-state index contributed by atoms with van der Waals surface area (Å²) >= 11 is 9.53. The number of hydrogen-bond acceptors (Lipinski definition) is 1. The number of halogens is 2. The Kier molecular flexibility index (Phi) is 6.53. The summed E-state index contributed by atoms with van der Waals surface area (Å²) in [5.74, 6) is 0.775. The van der Waals surface area contributed by atoms with E-state index in [1.165, 1.54) is 18.4 Å². The lowest BCUT2D eigenvalue weighted by Gasteiger charge is -2.15. The van der Waals surface area contributed by atoms with Crippen molar-refractivity contribution in [2.45, 2.75) is 46.2 Å². The first-order chi connectivity index (χ1) is 7.99. The molecule has 0 heterocycles. The number of hydrogen-bond donors (Lipinski definition) is 1. The molecule has 0 bridgehead atoms. The second kappa shape index (κ2) is 7.40. The molecular weight excluding hydrogens is 298 g/mol. The zero-order valence-corrected chi connectivity index (χ0v) is 13.1. The van der Waals surface area contributed by atoms with E-state index in [-0.39, 0.29) is 0 Å². The average Bonchev–Trinajstić information content (AvgIpc) is 2.27. The van der Waals surface area contributed by atoms with E-state index in [1.807, 2.05) is 18.2 Å². The van der Waals surface area contributed by atoms with E-state index < -0.39 is 0 Å². The second-order valence-corrected chi connectivity index (χ2v) is 6.28. The third kappa shape index (κ3) is 5.89. The maximum atomic E-state index is 5.99. The first-order valence-electron chi connectivity index (χ1n) is 6.16. The number of rotatable bonds is 6. The summed E-state index contributed by atoms with van der Waals surface area (Å²) in [4.78, 5) is 0. The predicted octanol–water partition coefficient (Wildman–Crippen LogP) is 5.02. The van der Waals surface area contributed by atoms with E-state index in [2.05, 4.69) is 42.0 Å². The Balaban J connectivity index is 2.41. The molecule has 17 heavy (non-hydrogen) atoms. The Morgan fingerprint density at radius 3 is 2.59 bits per heavy atom. The quantitative estimate of drug-likeness (QED) is 0.777. The Labute approximate surface area is 118 Å². The van der Waals surface area contributed by atoms with Crippen LogP contribution in [-0.4, -0.2) is 6.04 Å². The minimum absolute atomic E-state index is 0.545. The predicted molar refractivity (Wildman–Crippen MR) is 79.5 cm³/mol. The average molecular weight is 319 g/mol. The minimum Gasteiger partial charge on any atom is -0.310 e. The summed E-state index contributed by atoms with van der Waals surface area (Å²) in [6, 6.07) is 6.45. The molecule has 0 aliphatic heterocycles. The zero-order valence-electron chi connectivity index (χ0n) is 10.8. The summed E-state index contributed by atoms with van der Waals surface area (Å²) in [6.07, 6.45) is 2.49. The fourth-order valence-electron chi connectivity index (χ4n) is 1.65. The number of benzene rings is 1. The van der Waals surface area contributed by atoms with Crippen LogP contribution in [0.1, 0.15) is 39.2 Å². The third-order valence-electron chi connectivity index (χ3n) is 2.83. The van der Waals surface area contributed by atoms with Gasteiger partial charge >= 0.3 is 0 Å². The molecule has 0 aromatic heterocycles. The van der Waals surface area contributed by atoms with Crippen LogP contribution in [0.4, 0.5) is 0 Å². The minimum atomic E-state index is 0.545. The van der Waals surface area contributed by atoms with Gasteiger partial charge < -0.3 is 5.32 Å². The van der Waals surface area contributed by atoms with Crippen LogP contribution in [0.15, 0.2) is 22.7 Å². The van der Waals surface area contributed by atoms with Gasteiger partial charge in [0.15, 0.2) is 0 Å². The van der Waals surface area contributed by atoms with Crippen LogP contribution >= 0.6 is 27.5 Å². The summed E-state index contributed by atoms with van der Waals surface area (Å²) in [5.41, 5.74) is 1.22. The standard InChI is InChI=1S/C14H21BrClN/c1-10(2)4-5-11(3)17-9-12-8-13(16)6-7-14(12)15/h6-8,10-11,17H,4-5,9H2,1-3H3. The van der Waals surface area contributed by atoms with Gasteiger partial charge in [-0.2, -0.15) is 0 Å². The molecule has 1 rings (SSSR count). The SMILES string of the molecule is CC(C)CCC(C)NCc1cc(Cl)ccc1Br. The van der Waals surface area contributed by atoms with Gasteiger partial charge in [0.1, 0.15) is 0 Å². The van der Waals surface area contributed by atoms with Crippen molar-refractivity contribution in [3.05, 3.63) is 33.3 Å². The Bertz CT molecular complexity index is 352. The molecule has 0 aliphatic carbocycles. The van der Waals surface area contributed by atoms with Crippen molar-refractivity contribution in [3.63, 3.8) is 0 Å². The molecule has 1 N–H and O–H groups in total. The molecule has 3 heteroatoms. The highest BCUT2D eigenvalue weighted by atomic mass is 79.9. The fourth-order valence-corrected chi connectivity index (χ4v) is 2.23. The highest BCUT2D eigenvalue weighted by Gasteiger charge is 2.05. The van der Waals surface area contributed by atoms with Crippen LogP contribution < -0.4 is 5.32 Å². The molecule has 0 fully saturated rings. The lowest BCUT2D eigenvalue weighted by molar-refractivity contribution is 0.450. The van der Waals surface area contributed by atoms with Gasteiger partial charge in [-0.3, -0.25) is 0 Å². The molecule has 0 spiro atoms. The van der Waals surface area contributed by atoms with Crippen LogP contribution in [-0.2, 0) is 6.54 Å². The van der Waals surface area contributed by atoms with Gasteiger partial charge in [-0.05, 0) is 49.4 Å². The van der Waals surface area contributed by atoms with Crippen LogP contribution in [0.2, 0.25) is 5.02 Å². The molecule has 0 radical (unpaired) electrons. The molecule has 0 saturated heterocycles. The monoisotopic (exact) mass is 317 g/mol. The number of nitrogens with one attached hydrogen (secondary N) is 1. The van der Waals surface area contributed by atoms with Crippen LogP contribution in [0, 0.1) is 5.92 Å². The van der Waals surface area contributed by atoms with Gasteiger partial charge in [0.05, 0.1) is 0 Å². The van der Waals surface area contributed by atoms with E-state index >= 15 is 0 Å². The maximum absolute atomic E-state index is 5.99. The molecule has 1 aromatic carbocycles.